The second kappa shape index (κ2) is 12.6. The van der Waals surface area contributed by atoms with Gasteiger partial charge >= 0.3 is 0 Å². The first-order chi connectivity index (χ1) is 12.9. The van der Waals surface area contributed by atoms with E-state index in [0.29, 0.717) is 17.5 Å². The third-order valence-electron chi connectivity index (χ3n) is 4.60. The molecule has 7 nitrogen and oxygen atoms in total. The molecular formula is C19H32IN3O4S. The van der Waals surface area contributed by atoms with E-state index in [4.69, 9.17) is 9.47 Å². The lowest BCUT2D eigenvalue weighted by molar-refractivity contribution is 0.00989. The van der Waals surface area contributed by atoms with Crippen molar-refractivity contribution in [1.82, 2.24) is 10.2 Å². The average molecular weight is 525 g/mol. The van der Waals surface area contributed by atoms with Gasteiger partial charge in [-0.15, -0.1) is 24.0 Å². The van der Waals surface area contributed by atoms with Crippen molar-refractivity contribution in [3.8, 4) is 0 Å². The molecular weight excluding hydrogens is 493 g/mol. The van der Waals surface area contributed by atoms with Gasteiger partial charge in [0.15, 0.2) is 15.8 Å². The second-order valence-corrected chi connectivity index (χ2v) is 8.74. The zero-order valence-electron chi connectivity index (χ0n) is 16.9. The largest absolute Gasteiger partial charge is 0.385 e. The van der Waals surface area contributed by atoms with Crippen molar-refractivity contribution in [1.29, 1.82) is 0 Å². The van der Waals surface area contributed by atoms with Gasteiger partial charge in [-0.3, -0.25) is 4.99 Å². The van der Waals surface area contributed by atoms with Crippen LogP contribution in [0.1, 0.15) is 24.8 Å². The summed E-state index contributed by atoms with van der Waals surface area (Å²) in [5.41, 5.74) is 1.01. The van der Waals surface area contributed by atoms with Gasteiger partial charge < -0.3 is 19.7 Å². The second-order valence-electron chi connectivity index (χ2n) is 6.72. The van der Waals surface area contributed by atoms with E-state index in [9.17, 15) is 8.42 Å². The number of rotatable bonds is 8. The van der Waals surface area contributed by atoms with Gasteiger partial charge in [0.2, 0.25) is 0 Å². The number of nitrogens with one attached hydrogen (secondary N) is 1. The Bertz CT molecular complexity index is 702. The van der Waals surface area contributed by atoms with Gasteiger partial charge in [0.25, 0.3) is 0 Å². The van der Waals surface area contributed by atoms with E-state index in [0.717, 1.165) is 57.1 Å². The molecule has 1 aliphatic rings. The Morgan fingerprint density at radius 2 is 1.86 bits per heavy atom. The fraction of sp³-hybridized carbons (Fsp3) is 0.632. The Hall–Kier alpha value is -0.910. The van der Waals surface area contributed by atoms with Gasteiger partial charge in [-0.05, 0) is 37.0 Å². The Morgan fingerprint density at radius 3 is 2.39 bits per heavy atom. The number of hydrogen-bond donors (Lipinski definition) is 1. The lowest BCUT2D eigenvalue weighted by atomic mass is 10.1. The molecule has 0 radical (unpaired) electrons. The molecule has 0 aromatic heterocycles. The van der Waals surface area contributed by atoms with Gasteiger partial charge in [0.1, 0.15) is 0 Å². The van der Waals surface area contributed by atoms with Gasteiger partial charge in [-0.1, -0.05) is 12.1 Å². The smallest absolute Gasteiger partial charge is 0.193 e. The minimum Gasteiger partial charge on any atom is -0.385 e. The monoisotopic (exact) mass is 525 g/mol. The first-order valence-corrected chi connectivity index (χ1v) is 11.2. The highest BCUT2D eigenvalue weighted by Crippen LogP contribution is 2.15. The first-order valence-electron chi connectivity index (χ1n) is 9.29. The van der Waals surface area contributed by atoms with E-state index in [-0.39, 0.29) is 24.0 Å². The van der Waals surface area contributed by atoms with Crippen LogP contribution in [0, 0.1) is 0 Å². The number of hydrogen-bond acceptors (Lipinski definition) is 5. The van der Waals surface area contributed by atoms with Crippen LogP contribution in [0.15, 0.2) is 34.2 Å². The molecule has 160 valence electrons. The van der Waals surface area contributed by atoms with E-state index in [1.165, 1.54) is 6.26 Å². The fourth-order valence-electron chi connectivity index (χ4n) is 3.06. The molecule has 0 aliphatic carbocycles. The quantitative estimate of drug-likeness (QED) is 0.243. The third-order valence-corrected chi connectivity index (χ3v) is 5.73. The number of guanidine groups is 1. The van der Waals surface area contributed by atoms with Crippen LogP contribution in [0.3, 0.4) is 0 Å². The summed E-state index contributed by atoms with van der Waals surface area (Å²) in [4.78, 5) is 6.95. The Labute approximate surface area is 185 Å². The third kappa shape index (κ3) is 8.22. The number of benzene rings is 1. The predicted molar refractivity (Wildman–Crippen MR) is 122 cm³/mol. The molecule has 0 spiro atoms. The summed E-state index contributed by atoms with van der Waals surface area (Å²) < 4.78 is 34.0. The summed E-state index contributed by atoms with van der Waals surface area (Å²) in [6, 6.07) is 6.94. The number of methoxy groups -OCH3 is 1. The Morgan fingerprint density at radius 1 is 1.21 bits per heavy atom. The topological polar surface area (TPSA) is 80.2 Å². The zero-order valence-corrected chi connectivity index (χ0v) is 20.0. The molecule has 1 N–H and O–H groups in total. The van der Waals surface area contributed by atoms with E-state index < -0.39 is 9.84 Å². The summed E-state index contributed by atoms with van der Waals surface area (Å²) in [7, 11) is 0.326. The van der Waals surface area contributed by atoms with Crippen LogP contribution in [0.5, 0.6) is 0 Å². The Balaban J connectivity index is 0.00000392. The molecule has 0 amide bonds. The molecule has 1 aliphatic heterocycles. The molecule has 1 saturated heterocycles. The number of halogens is 1. The van der Waals surface area contributed by atoms with Gasteiger partial charge in [-0.2, -0.15) is 0 Å². The molecule has 1 aromatic rings. The predicted octanol–water partition coefficient (Wildman–Crippen LogP) is 2.30. The van der Waals surface area contributed by atoms with E-state index in [1.807, 2.05) is 12.1 Å². The molecule has 0 atom stereocenters. The van der Waals surface area contributed by atoms with Gasteiger partial charge in [0, 0.05) is 53.3 Å². The lowest BCUT2D eigenvalue weighted by Crippen LogP contribution is -2.46. The number of nitrogens with zero attached hydrogens (tertiary/aromatic N) is 2. The van der Waals surface area contributed by atoms with Crippen molar-refractivity contribution in [3.63, 3.8) is 0 Å². The highest BCUT2D eigenvalue weighted by Gasteiger charge is 2.21. The van der Waals surface area contributed by atoms with Crippen LogP contribution >= 0.6 is 24.0 Å². The van der Waals surface area contributed by atoms with Crippen LogP contribution in [0.4, 0.5) is 0 Å². The Kier molecular flexibility index (Phi) is 11.3. The fourth-order valence-corrected chi connectivity index (χ4v) is 3.69. The molecule has 0 bridgehead atoms. The lowest BCUT2D eigenvalue weighted by Gasteiger charge is -2.34. The number of ether oxygens (including phenoxy) is 2. The molecule has 1 fully saturated rings. The average Bonchev–Trinajstić information content (AvgIpc) is 2.66. The maximum absolute atomic E-state index is 11.5. The number of likely N-dealkylation sites (tertiary alicyclic amines) is 1. The van der Waals surface area contributed by atoms with E-state index in [1.54, 1.807) is 26.3 Å². The molecule has 1 aromatic carbocycles. The molecule has 9 heteroatoms. The van der Waals surface area contributed by atoms with Gasteiger partial charge in [0.05, 0.1) is 11.0 Å². The van der Waals surface area contributed by atoms with Crippen LogP contribution in [-0.4, -0.2) is 72.1 Å². The van der Waals surface area contributed by atoms with Crippen molar-refractivity contribution in [2.24, 2.45) is 4.99 Å². The molecule has 28 heavy (non-hydrogen) atoms. The normalized spacial score (nSPS) is 16.0. The SMILES string of the molecule is CN=C(NCc1ccc(S(C)(=O)=O)cc1)N1CCC(OCCCOC)CC1.I. The zero-order chi connectivity index (χ0) is 19.7. The first kappa shape index (κ1) is 25.1. The maximum Gasteiger partial charge on any atom is 0.193 e. The highest BCUT2D eigenvalue weighted by atomic mass is 127. The van der Waals surface area contributed by atoms with Crippen molar-refractivity contribution < 1.29 is 17.9 Å². The molecule has 0 saturated carbocycles. The minimum atomic E-state index is -3.16. The van der Waals surface area contributed by atoms with Gasteiger partial charge in [-0.25, -0.2) is 8.42 Å². The van der Waals surface area contributed by atoms with Crippen LogP contribution < -0.4 is 5.32 Å². The maximum atomic E-state index is 11.5. The molecule has 1 heterocycles. The summed E-state index contributed by atoms with van der Waals surface area (Å²) in [5.74, 6) is 0.861. The summed E-state index contributed by atoms with van der Waals surface area (Å²) >= 11 is 0. The number of sulfone groups is 1. The van der Waals surface area contributed by atoms with Crippen molar-refractivity contribution in [3.05, 3.63) is 29.8 Å². The van der Waals surface area contributed by atoms with Crippen LogP contribution in [-0.2, 0) is 25.9 Å². The van der Waals surface area contributed by atoms with Crippen molar-refractivity contribution >= 4 is 39.8 Å². The summed E-state index contributed by atoms with van der Waals surface area (Å²) in [6.07, 6.45) is 4.42. The van der Waals surface area contributed by atoms with Crippen LogP contribution in [0.25, 0.3) is 0 Å². The summed E-state index contributed by atoms with van der Waals surface area (Å²) in [5, 5.41) is 3.36. The standard InChI is InChI=1S/C19H31N3O4S.HI/c1-20-19(21-15-16-5-7-18(8-6-16)27(3,23)24)22-11-9-17(10-12-22)26-14-4-13-25-2;/h5-8,17H,4,9-15H2,1-3H3,(H,20,21);1H. The minimum absolute atomic E-state index is 0. The number of piperidine rings is 1. The molecule has 2 rings (SSSR count). The molecule has 0 unspecified atom stereocenters. The van der Waals surface area contributed by atoms with Crippen molar-refractivity contribution in [2.75, 3.05) is 46.7 Å². The van der Waals surface area contributed by atoms with Crippen molar-refractivity contribution in [2.45, 2.75) is 36.8 Å². The highest BCUT2D eigenvalue weighted by molar-refractivity contribution is 14.0. The van der Waals surface area contributed by atoms with E-state index in [2.05, 4.69) is 15.2 Å². The van der Waals surface area contributed by atoms with Crippen LogP contribution in [0.2, 0.25) is 0 Å². The van der Waals surface area contributed by atoms with E-state index >= 15 is 0 Å². The number of aliphatic imine (C=N–C) groups is 1. The summed E-state index contributed by atoms with van der Waals surface area (Å²) in [6.45, 7) is 3.89.